The number of benzene rings is 3. The summed E-state index contributed by atoms with van der Waals surface area (Å²) in [6.45, 7) is 8.59. The SMILES string of the molecule is Cc1c(-c2ccc(C(N)=O)c3[nH]c4cc(C(=O)N5CCN(C)CC5)ccc4c23)cccc1N(C(C)C)S(C)(=O)=O. The van der Waals surface area contributed by atoms with Crippen molar-refractivity contribution in [1.29, 1.82) is 0 Å². The van der Waals surface area contributed by atoms with Crippen LogP contribution in [-0.2, 0) is 10.0 Å². The molecule has 2 amide bonds. The lowest BCUT2D eigenvalue weighted by Crippen LogP contribution is -2.47. The Morgan fingerprint density at radius 1 is 1.00 bits per heavy atom. The maximum absolute atomic E-state index is 13.3. The summed E-state index contributed by atoms with van der Waals surface area (Å²) in [4.78, 5) is 33.1. The molecule has 4 aromatic rings. The van der Waals surface area contributed by atoms with Crippen LogP contribution in [0.15, 0.2) is 48.5 Å². The van der Waals surface area contributed by atoms with Crippen molar-refractivity contribution in [3.05, 3.63) is 65.2 Å². The van der Waals surface area contributed by atoms with Gasteiger partial charge in [0.1, 0.15) is 0 Å². The molecule has 210 valence electrons. The van der Waals surface area contributed by atoms with Crippen LogP contribution >= 0.6 is 0 Å². The van der Waals surface area contributed by atoms with Gasteiger partial charge in [-0.25, -0.2) is 8.42 Å². The van der Waals surface area contributed by atoms with Crippen molar-refractivity contribution in [3.8, 4) is 11.1 Å². The van der Waals surface area contributed by atoms with E-state index in [1.165, 1.54) is 10.6 Å². The molecule has 0 atom stereocenters. The van der Waals surface area contributed by atoms with E-state index in [4.69, 9.17) is 5.73 Å². The third-order valence-corrected chi connectivity index (χ3v) is 9.05. The van der Waals surface area contributed by atoms with Crippen LogP contribution in [0, 0.1) is 6.92 Å². The molecule has 1 aliphatic heterocycles. The fourth-order valence-corrected chi connectivity index (χ4v) is 7.08. The van der Waals surface area contributed by atoms with Crippen molar-refractivity contribution in [2.75, 3.05) is 43.8 Å². The number of piperazine rings is 1. The number of carbonyl (C=O) groups is 2. The Labute approximate surface area is 234 Å². The molecule has 0 spiro atoms. The summed E-state index contributed by atoms with van der Waals surface area (Å²) in [6.07, 6.45) is 1.21. The number of aromatic nitrogens is 1. The number of likely N-dealkylation sites (N-methyl/N-ethyl adjacent to an activating group) is 1. The van der Waals surface area contributed by atoms with Crippen molar-refractivity contribution in [2.45, 2.75) is 26.8 Å². The highest BCUT2D eigenvalue weighted by molar-refractivity contribution is 7.92. The summed E-state index contributed by atoms with van der Waals surface area (Å²) >= 11 is 0. The maximum Gasteiger partial charge on any atom is 0.254 e. The zero-order chi connectivity index (χ0) is 28.9. The van der Waals surface area contributed by atoms with Crippen molar-refractivity contribution < 1.29 is 18.0 Å². The summed E-state index contributed by atoms with van der Waals surface area (Å²) in [5.74, 6) is -0.590. The number of carbonyl (C=O) groups excluding carboxylic acids is 2. The van der Waals surface area contributed by atoms with Gasteiger partial charge in [0.2, 0.25) is 10.0 Å². The molecule has 3 N–H and O–H groups in total. The Morgan fingerprint density at radius 3 is 2.33 bits per heavy atom. The molecule has 2 heterocycles. The van der Waals surface area contributed by atoms with Crippen LogP contribution < -0.4 is 10.0 Å². The lowest BCUT2D eigenvalue weighted by molar-refractivity contribution is 0.0664. The molecule has 0 radical (unpaired) electrons. The van der Waals surface area contributed by atoms with Crippen molar-refractivity contribution >= 4 is 49.3 Å². The molecule has 0 saturated carbocycles. The van der Waals surface area contributed by atoms with Gasteiger partial charge in [-0.05, 0) is 68.8 Å². The Morgan fingerprint density at radius 2 is 1.70 bits per heavy atom. The molecular formula is C30H35N5O4S. The highest BCUT2D eigenvalue weighted by atomic mass is 32.2. The van der Waals surface area contributed by atoms with E-state index in [-0.39, 0.29) is 11.9 Å². The standard InChI is InChI=1S/C30H35N5O4S/c1-18(2)35(40(5,38)39)26-8-6-7-21(19(26)3)22-11-12-24(29(31)36)28-27(22)23-10-9-20(17-25(23)32-28)30(37)34-15-13-33(4)14-16-34/h6-12,17-18,32H,13-16H2,1-5H3,(H2,31,36). The highest BCUT2D eigenvalue weighted by Crippen LogP contribution is 2.40. The van der Waals surface area contributed by atoms with Gasteiger partial charge >= 0.3 is 0 Å². The van der Waals surface area contributed by atoms with Gasteiger partial charge in [0.25, 0.3) is 11.8 Å². The minimum atomic E-state index is -3.52. The van der Waals surface area contributed by atoms with Crippen molar-refractivity contribution in [3.63, 3.8) is 0 Å². The zero-order valence-corrected chi connectivity index (χ0v) is 24.3. The molecule has 1 fully saturated rings. The fourth-order valence-electron chi connectivity index (χ4n) is 5.76. The number of hydrogen-bond acceptors (Lipinski definition) is 5. The average Bonchev–Trinajstić information content (AvgIpc) is 3.27. The molecular weight excluding hydrogens is 526 g/mol. The first-order valence-electron chi connectivity index (χ1n) is 13.3. The normalized spacial score (nSPS) is 14.8. The van der Waals surface area contributed by atoms with Gasteiger partial charge in [0, 0.05) is 54.1 Å². The Balaban J connectivity index is 1.70. The summed E-state index contributed by atoms with van der Waals surface area (Å²) in [5.41, 5.74) is 11.0. The number of sulfonamides is 1. The molecule has 0 unspecified atom stereocenters. The highest BCUT2D eigenvalue weighted by Gasteiger charge is 2.26. The first kappa shape index (κ1) is 27.7. The molecule has 1 saturated heterocycles. The third-order valence-electron chi connectivity index (χ3n) is 7.72. The number of anilines is 1. The second kappa shape index (κ2) is 10.3. The van der Waals surface area contributed by atoms with Gasteiger partial charge < -0.3 is 20.5 Å². The topological polar surface area (TPSA) is 120 Å². The average molecular weight is 562 g/mol. The first-order valence-corrected chi connectivity index (χ1v) is 15.2. The van der Waals surface area contributed by atoms with Gasteiger partial charge in [-0.1, -0.05) is 24.3 Å². The number of rotatable bonds is 6. The zero-order valence-electron chi connectivity index (χ0n) is 23.5. The summed E-state index contributed by atoms with van der Waals surface area (Å²) in [7, 11) is -1.47. The predicted octanol–water partition coefficient (Wildman–Crippen LogP) is 3.96. The largest absolute Gasteiger partial charge is 0.366 e. The number of nitrogens with two attached hydrogens (primary N) is 1. The number of aromatic amines is 1. The van der Waals surface area contributed by atoms with Crippen LogP contribution in [0.2, 0.25) is 0 Å². The van der Waals surface area contributed by atoms with Gasteiger partial charge in [-0.3, -0.25) is 13.9 Å². The van der Waals surface area contributed by atoms with E-state index in [2.05, 4.69) is 9.88 Å². The van der Waals surface area contributed by atoms with Crippen LogP contribution in [0.4, 0.5) is 5.69 Å². The Hall–Kier alpha value is -3.89. The summed E-state index contributed by atoms with van der Waals surface area (Å²) in [5, 5.41) is 1.64. The molecule has 1 aromatic heterocycles. The summed E-state index contributed by atoms with van der Waals surface area (Å²) in [6, 6.07) is 14.4. The number of nitrogens with one attached hydrogen (secondary N) is 1. The molecule has 3 aromatic carbocycles. The van der Waals surface area contributed by atoms with E-state index in [1.54, 1.807) is 12.1 Å². The molecule has 40 heavy (non-hydrogen) atoms. The number of nitrogens with zero attached hydrogens (tertiary/aromatic N) is 3. The van der Waals surface area contributed by atoms with E-state index in [1.807, 2.05) is 69.1 Å². The molecule has 0 aliphatic carbocycles. The van der Waals surface area contributed by atoms with Gasteiger partial charge in [-0.2, -0.15) is 0 Å². The Bertz CT molecular complexity index is 1750. The quantitative estimate of drug-likeness (QED) is 0.369. The van der Waals surface area contributed by atoms with Crippen LogP contribution in [0.25, 0.3) is 32.9 Å². The first-order chi connectivity index (χ1) is 18.9. The van der Waals surface area contributed by atoms with Crippen LogP contribution in [-0.4, -0.2) is 80.5 Å². The molecule has 9 nitrogen and oxygen atoms in total. The van der Waals surface area contributed by atoms with Gasteiger partial charge in [-0.15, -0.1) is 0 Å². The number of H-pyrrole nitrogens is 1. The van der Waals surface area contributed by atoms with Gasteiger partial charge in [0.15, 0.2) is 0 Å². The van der Waals surface area contributed by atoms with Crippen molar-refractivity contribution in [2.24, 2.45) is 5.73 Å². The second-order valence-electron chi connectivity index (χ2n) is 10.9. The second-order valence-corrected chi connectivity index (χ2v) is 12.7. The third kappa shape index (κ3) is 4.82. The van der Waals surface area contributed by atoms with Crippen LogP contribution in [0.3, 0.4) is 0 Å². The number of fused-ring (bicyclic) bond motifs is 3. The Kier molecular flexibility index (Phi) is 7.09. The molecule has 0 bridgehead atoms. The number of amides is 2. The minimum Gasteiger partial charge on any atom is -0.366 e. The lowest BCUT2D eigenvalue weighted by Gasteiger charge is -2.32. The van der Waals surface area contributed by atoms with E-state index in [9.17, 15) is 18.0 Å². The number of primary amides is 1. The van der Waals surface area contributed by atoms with Gasteiger partial charge in [0.05, 0.1) is 23.0 Å². The smallest absolute Gasteiger partial charge is 0.254 e. The van der Waals surface area contributed by atoms with E-state index < -0.39 is 15.9 Å². The molecule has 5 rings (SSSR count). The van der Waals surface area contributed by atoms with E-state index in [0.717, 1.165) is 46.1 Å². The van der Waals surface area contributed by atoms with Crippen LogP contribution in [0.5, 0.6) is 0 Å². The lowest BCUT2D eigenvalue weighted by atomic mass is 9.93. The van der Waals surface area contributed by atoms with E-state index >= 15 is 0 Å². The van der Waals surface area contributed by atoms with Crippen molar-refractivity contribution in [1.82, 2.24) is 14.8 Å². The summed E-state index contributed by atoms with van der Waals surface area (Å²) < 4.78 is 26.8. The predicted molar refractivity (Wildman–Crippen MR) is 160 cm³/mol. The maximum atomic E-state index is 13.3. The number of hydrogen-bond donors (Lipinski definition) is 2. The minimum absolute atomic E-state index is 0.0258. The molecule has 1 aliphatic rings. The fraction of sp³-hybridized carbons (Fsp3) is 0.333. The van der Waals surface area contributed by atoms with Crippen LogP contribution in [0.1, 0.15) is 40.1 Å². The monoisotopic (exact) mass is 561 g/mol. The van der Waals surface area contributed by atoms with E-state index in [0.29, 0.717) is 35.4 Å². The molecule has 10 heteroatoms.